The van der Waals surface area contributed by atoms with E-state index in [2.05, 4.69) is 4.74 Å². The van der Waals surface area contributed by atoms with Crippen LogP contribution in [0.4, 0.5) is 18.9 Å². The van der Waals surface area contributed by atoms with E-state index in [4.69, 9.17) is 4.74 Å². The minimum atomic E-state index is -4.56. The van der Waals surface area contributed by atoms with Crippen LogP contribution in [-0.4, -0.2) is 43.9 Å². The van der Waals surface area contributed by atoms with Crippen molar-refractivity contribution in [2.24, 2.45) is 0 Å². The molecule has 0 aliphatic carbocycles. The molecule has 2 aromatic rings. The van der Waals surface area contributed by atoms with Crippen LogP contribution in [0.5, 0.6) is 0 Å². The van der Waals surface area contributed by atoms with Crippen LogP contribution in [0.3, 0.4) is 0 Å². The van der Waals surface area contributed by atoms with Gasteiger partial charge in [-0.3, -0.25) is 0 Å². The van der Waals surface area contributed by atoms with Gasteiger partial charge in [0.05, 0.1) is 31.6 Å². The number of anilines is 1. The van der Waals surface area contributed by atoms with Gasteiger partial charge in [0, 0.05) is 25.0 Å². The number of methoxy groups -OCH3 is 1. The van der Waals surface area contributed by atoms with Crippen LogP contribution in [0.1, 0.15) is 16.1 Å². The number of morpholine rings is 1. The van der Waals surface area contributed by atoms with Crippen LogP contribution in [-0.2, 0) is 15.7 Å². The Hall–Kier alpha value is -2.48. The normalized spacial score (nSPS) is 15.3. The molecule has 1 aliphatic heterocycles. The molecule has 0 radical (unpaired) electrons. The van der Waals surface area contributed by atoms with Crippen molar-refractivity contribution in [2.75, 3.05) is 38.3 Å². The largest absolute Gasteiger partial charge is 0.464 e. The van der Waals surface area contributed by atoms with Crippen molar-refractivity contribution in [3.05, 3.63) is 47.8 Å². The molecule has 1 aliphatic rings. The molecule has 0 bridgehead atoms. The molecule has 134 valence electrons. The summed E-state index contributed by atoms with van der Waals surface area (Å²) in [6.07, 6.45) is -3.15. The van der Waals surface area contributed by atoms with E-state index in [0.29, 0.717) is 32.0 Å². The maximum Gasteiger partial charge on any atom is 0.418 e. The zero-order chi connectivity index (χ0) is 18.0. The number of carbonyl (C=O) groups is 1. The summed E-state index contributed by atoms with van der Waals surface area (Å²) in [4.78, 5) is 13.6. The molecule has 0 amide bonds. The van der Waals surface area contributed by atoms with Crippen molar-refractivity contribution in [1.82, 2.24) is 4.57 Å². The van der Waals surface area contributed by atoms with Crippen molar-refractivity contribution in [1.29, 1.82) is 0 Å². The maximum absolute atomic E-state index is 13.6. The molecular weight excluding hydrogens is 337 g/mol. The highest BCUT2D eigenvalue weighted by atomic mass is 19.4. The first kappa shape index (κ1) is 17.3. The highest BCUT2D eigenvalue weighted by Gasteiger charge is 2.35. The summed E-state index contributed by atoms with van der Waals surface area (Å²) in [5.41, 5.74) is -0.411. The average molecular weight is 354 g/mol. The molecule has 0 N–H and O–H groups in total. The monoisotopic (exact) mass is 354 g/mol. The summed E-state index contributed by atoms with van der Waals surface area (Å²) in [6, 6.07) is 7.03. The van der Waals surface area contributed by atoms with E-state index in [-0.39, 0.29) is 11.4 Å². The zero-order valence-corrected chi connectivity index (χ0v) is 13.5. The fourth-order valence-corrected chi connectivity index (χ4v) is 2.84. The van der Waals surface area contributed by atoms with Crippen LogP contribution >= 0.6 is 0 Å². The lowest BCUT2D eigenvalue weighted by Crippen LogP contribution is -2.36. The predicted octanol–water partition coefficient (Wildman–Crippen LogP) is 3.12. The molecule has 3 rings (SSSR count). The van der Waals surface area contributed by atoms with Crippen molar-refractivity contribution in [3.8, 4) is 5.69 Å². The zero-order valence-electron chi connectivity index (χ0n) is 13.5. The number of esters is 1. The van der Waals surface area contributed by atoms with E-state index >= 15 is 0 Å². The Kier molecular flexibility index (Phi) is 4.71. The maximum atomic E-state index is 13.6. The van der Waals surface area contributed by atoms with Crippen molar-refractivity contribution < 1.29 is 27.4 Å². The summed E-state index contributed by atoms with van der Waals surface area (Å²) >= 11 is 0. The molecule has 8 heteroatoms. The number of ether oxygens (including phenoxy) is 2. The molecule has 2 heterocycles. The van der Waals surface area contributed by atoms with Crippen LogP contribution in [0.2, 0.25) is 0 Å². The Morgan fingerprint density at radius 3 is 2.56 bits per heavy atom. The average Bonchev–Trinajstić information content (AvgIpc) is 3.10. The third-order valence-corrected chi connectivity index (χ3v) is 4.06. The second kappa shape index (κ2) is 6.79. The number of hydrogen-bond acceptors (Lipinski definition) is 4. The van der Waals surface area contributed by atoms with E-state index in [9.17, 15) is 18.0 Å². The first-order valence-electron chi connectivity index (χ1n) is 7.72. The van der Waals surface area contributed by atoms with Gasteiger partial charge in [-0.1, -0.05) is 0 Å². The molecule has 1 aromatic heterocycles. The standard InChI is InChI=1S/C17H17F3N2O3/c1-24-16(23)15-3-2-6-22(15)14-5-4-12(11-13(14)17(18,19)20)21-7-9-25-10-8-21/h2-6,11H,7-10H2,1H3. The van der Waals surface area contributed by atoms with Gasteiger partial charge in [-0.25, -0.2) is 4.79 Å². The number of nitrogens with zero attached hydrogens (tertiary/aromatic N) is 2. The predicted molar refractivity (Wildman–Crippen MR) is 85.1 cm³/mol. The molecule has 25 heavy (non-hydrogen) atoms. The Bertz CT molecular complexity index is 765. The minimum absolute atomic E-state index is 0.0344. The third kappa shape index (κ3) is 3.48. The summed E-state index contributed by atoms with van der Waals surface area (Å²) in [7, 11) is 1.19. The molecular formula is C17H17F3N2O3. The number of rotatable bonds is 3. The lowest BCUT2D eigenvalue weighted by atomic mass is 10.1. The van der Waals surface area contributed by atoms with Gasteiger partial charge in [-0.2, -0.15) is 13.2 Å². The fraction of sp³-hybridized carbons (Fsp3) is 0.353. The van der Waals surface area contributed by atoms with Crippen molar-refractivity contribution in [3.63, 3.8) is 0 Å². The van der Waals surface area contributed by atoms with Crippen LogP contribution in [0, 0.1) is 0 Å². The third-order valence-electron chi connectivity index (χ3n) is 4.06. The molecule has 0 spiro atoms. The number of alkyl halides is 3. The summed E-state index contributed by atoms with van der Waals surface area (Å²) < 4.78 is 52.0. The van der Waals surface area contributed by atoms with E-state index < -0.39 is 17.7 Å². The van der Waals surface area contributed by atoms with E-state index in [1.165, 1.54) is 36.1 Å². The summed E-state index contributed by atoms with van der Waals surface area (Å²) in [5.74, 6) is -0.699. The highest BCUT2D eigenvalue weighted by Crippen LogP contribution is 2.37. The van der Waals surface area contributed by atoms with Gasteiger partial charge >= 0.3 is 12.1 Å². The topological polar surface area (TPSA) is 43.7 Å². The van der Waals surface area contributed by atoms with E-state index in [1.54, 1.807) is 6.07 Å². The molecule has 1 saturated heterocycles. The van der Waals surface area contributed by atoms with Crippen molar-refractivity contribution >= 4 is 11.7 Å². The van der Waals surface area contributed by atoms with Crippen LogP contribution in [0.25, 0.3) is 5.69 Å². The Balaban J connectivity index is 2.08. The Morgan fingerprint density at radius 2 is 1.92 bits per heavy atom. The molecule has 1 fully saturated rings. The number of carbonyl (C=O) groups excluding carboxylic acids is 1. The fourth-order valence-electron chi connectivity index (χ4n) is 2.84. The summed E-state index contributed by atoms with van der Waals surface area (Å²) in [5, 5.41) is 0. The minimum Gasteiger partial charge on any atom is -0.464 e. The van der Waals surface area contributed by atoms with Gasteiger partial charge in [0.1, 0.15) is 5.69 Å². The van der Waals surface area contributed by atoms with Gasteiger partial charge in [-0.15, -0.1) is 0 Å². The quantitative estimate of drug-likeness (QED) is 0.795. The van der Waals surface area contributed by atoms with Gasteiger partial charge in [-0.05, 0) is 30.3 Å². The van der Waals surface area contributed by atoms with Crippen molar-refractivity contribution in [2.45, 2.75) is 6.18 Å². The van der Waals surface area contributed by atoms with E-state index in [0.717, 1.165) is 6.07 Å². The Labute approximate surface area is 142 Å². The molecule has 0 unspecified atom stereocenters. The number of aromatic nitrogens is 1. The molecule has 1 aromatic carbocycles. The smallest absolute Gasteiger partial charge is 0.418 e. The lowest BCUT2D eigenvalue weighted by molar-refractivity contribution is -0.137. The summed E-state index contributed by atoms with van der Waals surface area (Å²) in [6.45, 7) is 2.03. The second-order valence-corrected chi connectivity index (χ2v) is 5.55. The number of halogens is 3. The van der Waals surface area contributed by atoms with Crippen LogP contribution < -0.4 is 4.90 Å². The second-order valence-electron chi connectivity index (χ2n) is 5.55. The van der Waals surface area contributed by atoms with E-state index in [1.807, 2.05) is 4.90 Å². The number of benzene rings is 1. The van der Waals surface area contributed by atoms with Gasteiger partial charge in [0.15, 0.2) is 0 Å². The first-order chi connectivity index (χ1) is 11.9. The lowest BCUT2D eigenvalue weighted by Gasteiger charge is -2.30. The highest BCUT2D eigenvalue weighted by molar-refractivity contribution is 5.88. The first-order valence-corrected chi connectivity index (χ1v) is 7.72. The van der Waals surface area contributed by atoms with Crippen LogP contribution in [0.15, 0.2) is 36.5 Å². The van der Waals surface area contributed by atoms with Gasteiger partial charge in [0.2, 0.25) is 0 Å². The Morgan fingerprint density at radius 1 is 1.20 bits per heavy atom. The molecule has 0 saturated carbocycles. The SMILES string of the molecule is COC(=O)c1cccn1-c1ccc(N2CCOCC2)cc1C(F)(F)F. The van der Waals surface area contributed by atoms with Gasteiger partial charge in [0.25, 0.3) is 0 Å². The molecule has 5 nitrogen and oxygen atoms in total. The molecule has 0 atom stereocenters. The number of hydrogen-bond donors (Lipinski definition) is 0. The van der Waals surface area contributed by atoms with Gasteiger partial charge < -0.3 is 18.9 Å².